The highest BCUT2D eigenvalue weighted by Crippen LogP contribution is 1.97. The summed E-state index contributed by atoms with van der Waals surface area (Å²) in [6, 6.07) is 1.21. The molecule has 0 aliphatic carbocycles. The van der Waals surface area contributed by atoms with Crippen LogP contribution in [0.5, 0.6) is 0 Å². The Labute approximate surface area is 95.8 Å². The Bertz CT molecular complexity index is 146. The lowest BCUT2D eigenvalue weighted by Crippen LogP contribution is -2.41. The summed E-state index contributed by atoms with van der Waals surface area (Å²) in [6.45, 7) is 10.1. The second kappa shape index (κ2) is 8.08. The molecule has 3 heteroatoms. The largest absolute Gasteiger partial charge is 0.313 e. The molecular weight excluding hydrogens is 186 g/mol. The molecule has 0 aliphatic heterocycles. The molecule has 0 saturated heterocycles. The van der Waals surface area contributed by atoms with E-state index in [4.69, 9.17) is 0 Å². The highest BCUT2D eigenvalue weighted by atomic mass is 15.1. The molecule has 0 heterocycles. The van der Waals surface area contributed by atoms with Crippen LogP contribution in [0.25, 0.3) is 0 Å². The molecule has 1 atom stereocenters. The minimum Gasteiger partial charge on any atom is -0.313 e. The van der Waals surface area contributed by atoms with Crippen molar-refractivity contribution in [2.75, 3.05) is 40.8 Å². The summed E-state index contributed by atoms with van der Waals surface area (Å²) >= 11 is 0. The summed E-state index contributed by atoms with van der Waals surface area (Å²) < 4.78 is 0. The first-order chi connectivity index (χ1) is 6.93. The maximum absolute atomic E-state index is 3.47. The van der Waals surface area contributed by atoms with E-state index in [1.165, 1.54) is 19.5 Å². The van der Waals surface area contributed by atoms with Crippen LogP contribution in [0.1, 0.15) is 27.2 Å². The Hall–Kier alpha value is -0.120. The van der Waals surface area contributed by atoms with Crippen LogP contribution in [0, 0.1) is 0 Å². The van der Waals surface area contributed by atoms with E-state index in [0.29, 0.717) is 12.1 Å². The van der Waals surface area contributed by atoms with Crippen molar-refractivity contribution in [3.63, 3.8) is 0 Å². The zero-order valence-corrected chi connectivity index (χ0v) is 11.4. The average molecular weight is 215 g/mol. The molecule has 0 fully saturated rings. The Morgan fingerprint density at radius 1 is 1.00 bits per heavy atom. The van der Waals surface area contributed by atoms with E-state index in [1.807, 2.05) is 0 Å². The van der Waals surface area contributed by atoms with Crippen molar-refractivity contribution in [1.29, 1.82) is 0 Å². The summed E-state index contributed by atoms with van der Waals surface area (Å²) in [7, 11) is 6.47. The number of hydrogen-bond acceptors (Lipinski definition) is 3. The molecule has 1 N–H and O–H groups in total. The van der Waals surface area contributed by atoms with Crippen molar-refractivity contribution in [1.82, 2.24) is 15.1 Å². The summed E-state index contributed by atoms with van der Waals surface area (Å²) in [5.41, 5.74) is 0. The lowest BCUT2D eigenvalue weighted by molar-refractivity contribution is 0.233. The Morgan fingerprint density at radius 2 is 1.60 bits per heavy atom. The van der Waals surface area contributed by atoms with E-state index in [2.05, 4.69) is 57.0 Å². The SMILES string of the molecule is CC(C)NCC(C)N(C)CCCN(C)C. The van der Waals surface area contributed by atoms with E-state index < -0.39 is 0 Å². The van der Waals surface area contributed by atoms with Crippen molar-refractivity contribution < 1.29 is 0 Å². The molecule has 0 rings (SSSR count). The van der Waals surface area contributed by atoms with E-state index >= 15 is 0 Å². The van der Waals surface area contributed by atoms with E-state index in [-0.39, 0.29) is 0 Å². The standard InChI is InChI=1S/C12H29N3/c1-11(2)13-10-12(3)15(6)9-7-8-14(4)5/h11-13H,7-10H2,1-6H3. The third kappa shape index (κ3) is 8.85. The van der Waals surface area contributed by atoms with Gasteiger partial charge in [-0.2, -0.15) is 0 Å². The van der Waals surface area contributed by atoms with Crippen LogP contribution >= 0.6 is 0 Å². The van der Waals surface area contributed by atoms with Gasteiger partial charge in [0.25, 0.3) is 0 Å². The van der Waals surface area contributed by atoms with Crippen LogP contribution in [-0.2, 0) is 0 Å². The molecule has 0 bridgehead atoms. The fourth-order valence-corrected chi connectivity index (χ4v) is 1.42. The smallest absolute Gasteiger partial charge is 0.0189 e. The van der Waals surface area contributed by atoms with Crippen LogP contribution in [0.2, 0.25) is 0 Å². The lowest BCUT2D eigenvalue weighted by Gasteiger charge is -2.26. The van der Waals surface area contributed by atoms with Crippen molar-refractivity contribution in [3.8, 4) is 0 Å². The zero-order chi connectivity index (χ0) is 11.8. The summed E-state index contributed by atoms with van der Waals surface area (Å²) in [5, 5.41) is 3.47. The highest BCUT2D eigenvalue weighted by molar-refractivity contribution is 4.68. The van der Waals surface area contributed by atoms with Gasteiger partial charge in [-0.25, -0.2) is 0 Å². The lowest BCUT2D eigenvalue weighted by atomic mass is 10.2. The zero-order valence-electron chi connectivity index (χ0n) is 11.4. The highest BCUT2D eigenvalue weighted by Gasteiger charge is 2.08. The second-order valence-electron chi connectivity index (χ2n) is 5.05. The van der Waals surface area contributed by atoms with Gasteiger partial charge in [-0.05, 0) is 47.6 Å². The topological polar surface area (TPSA) is 18.5 Å². The van der Waals surface area contributed by atoms with Crippen LogP contribution in [0.3, 0.4) is 0 Å². The molecule has 0 spiro atoms. The molecular formula is C12H29N3. The minimum atomic E-state index is 0.586. The third-order valence-corrected chi connectivity index (χ3v) is 2.69. The molecule has 3 nitrogen and oxygen atoms in total. The molecule has 0 aromatic rings. The van der Waals surface area contributed by atoms with Gasteiger partial charge in [0.15, 0.2) is 0 Å². The van der Waals surface area contributed by atoms with Gasteiger partial charge in [0.2, 0.25) is 0 Å². The minimum absolute atomic E-state index is 0.586. The normalized spacial score (nSPS) is 14.2. The van der Waals surface area contributed by atoms with Gasteiger partial charge in [0, 0.05) is 18.6 Å². The number of hydrogen-bond donors (Lipinski definition) is 1. The monoisotopic (exact) mass is 215 g/mol. The van der Waals surface area contributed by atoms with Gasteiger partial charge in [-0.1, -0.05) is 13.8 Å². The van der Waals surface area contributed by atoms with Gasteiger partial charge >= 0.3 is 0 Å². The van der Waals surface area contributed by atoms with Gasteiger partial charge < -0.3 is 15.1 Å². The fourth-order valence-electron chi connectivity index (χ4n) is 1.42. The van der Waals surface area contributed by atoms with E-state index in [9.17, 15) is 0 Å². The maximum Gasteiger partial charge on any atom is 0.0189 e. The van der Waals surface area contributed by atoms with Crippen LogP contribution < -0.4 is 5.32 Å². The van der Waals surface area contributed by atoms with Crippen LogP contribution in [-0.4, -0.2) is 62.7 Å². The van der Waals surface area contributed by atoms with Gasteiger partial charge in [-0.15, -0.1) is 0 Å². The predicted octanol–water partition coefficient (Wildman–Crippen LogP) is 1.26. The number of nitrogens with zero attached hydrogens (tertiary/aromatic N) is 2. The Morgan fingerprint density at radius 3 is 2.07 bits per heavy atom. The van der Waals surface area contributed by atoms with Gasteiger partial charge in [0.05, 0.1) is 0 Å². The fraction of sp³-hybridized carbons (Fsp3) is 1.00. The molecule has 0 radical (unpaired) electrons. The van der Waals surface area contributed by atoms with E-state index in [1.54, 1.807) is 0 Å². The second-order valence-corrected chi connectivity index (χ2v) is 5.05. The molecule has 0 amide bonds. The number of rotatable bonds is 8. The molecule has 15 heavy (non-hydrogen) atoms. The molecule has 0 aromatic carbocycles. The molecule has 0 saturated carbocycles. The Kier molecular flexibility index (Phi) is 8.02. The van der Waals surface area contributed by atoms with Crippen LogP contribution in [0.4, 0.5) is 0 Å². The van der Waals surface area contributed by atoms with Crippen molar-refractivity contribution in [2.45, 2.75) is 39.3 Å². The van der Waals surface area contributed by atoms with Gasteiger partial charge in [0.1, 0.15) is 0 Å². The van der Waals surface area contributed by atoms with E-state index in [0.717, 1.165) is 6.54 Å². The first-order valence-electron chi connectivity index (χ1n) is 6.01. The quantitative estimate of drug-likeness (QED) is 0.657. The Balaban J connectivity index is 3.55. The summed E-state index contributed by atoms with van der Waals surface area (Å²) in [5.74, 6) is 0. The van der Waals surface area contributed by atoms with Crippen molar-refractivity contribution >= 4 is 0 Å². The number of nitrogens with one attached hydrogen (secondary N) is 1. The average Bonchev–Trinajstić information content (AvgIpc) is 2.13. The molecule has 0 aromatic heterocycles. The first kappa shape index (κ1) is 14.9. The van der Waals surface area contributed by atoms with Crippen molar-refractivity contribution in [3.05, 3.63) is 0 Å². The summed E-state index contributed by atoms with van der Waals surface area (Å²) in [6.07, 6.45) is 1.25. The summed E-state index contributed by atoms with van der Waals surface area (Å²) in [4.78, 5) is 4.67. The van der Waals surface area contributed by atoms with Gasteiger partial charge in [-0.3, -0.25) is 0 Å². The molecule has 92 valence electrons. The molecule has 0 aliphatic rings. The van der Waals surface area contributed by atoms with Crippen LogP contribution in [0.15, 0.2) is 0 Å². The number of likely N-dealkylation sites (N-methyl/N-ethyl adjacent to an activating group) is 1. The maximum atomic E-state index is 3.47. The first-order valence-corrected chi connectivity index (χ1v) is 6.01. The third-order valence-electron chi connectivity index (χ3n) is 2.69. The molecule has 1 unspecified atom stereocenters. The predicted molar refractivity (Wildman–Crippen MR) is 68.4 cm³/mol. The van der Waals surface area contributed by atoms with Crippen molar-refractivity contribution in [2.24, 2.45) is 0 Å².